The van der Waals surface area contributed by atoms with Gasteiger partial charge in [-0.3, -0.25) is 0 Å². The lowest BCUT2D eigenvalue weighted by Crippen LogP contribution is -2.11. The molecule has 0 radical (unpaired) electrons. The zero-order valence-corrected chi connectivity index (χ0v) is 9.57. The highest BCUT2D eigenvalue weighted by molar-refractivity contribution is 5.96. The lowest BCUT2D eigenvalue weighted by Gasteiger charge is -2.13. The van der Waals surface area contributed by atoms with E-state index in [1.165, 1.54) is 13.2 Å². The van der Waals surface area contributed by atoms with Gasteiger partial charge in [0, 0.05) is 0 Å². The van der Waals surface area contributed by atoms with Gasteiger partial charge in [0.25, 0.3) is 0 Å². The van der Waals surface area contributed by atoms with Crippen LogP contribution in [0.2, 0.25) is 0 Å². The third kappa shape index (κ3) is 2.85. The van der Waals surface area contributed by atoms with E-state index in [1.807, 2.05) is 0 Å². The van der Waals surface area contributed by atoms with Crippen LogP contribution < -0.4 is 9.47 Å². The molecule has 0 aromatic heterocycles. The first-order chi connectivity index (χ1) is 8.53. The number of nitriles is 1. The molecule has 18 heavy (non-hydrogen) atoms. The van der Waals surface area contributed by atoms with Gasteiger partial charge in [-0.1, -0.05) is 0 Å². The van der Waals surface area contributed by atoms with Crippen LogP contribution in [0.3, 0.4) is 0 Å². The van der Waals surface area contributed by atoms with Crippen LogP contribution in [-0.2, 0) is 4.74 Å². The maximum Gasteiger partial charge on any atom is 0.387 e. The Morgan fingerprint density at radius 1 is 1.33 bits per heavy atom. The summed E-state index contributed by atoms with van der Waals surface area (Å²) in [6, 6.07) is 3.98. The van der Waals surface area contributed by atoms with Crippen LogP contribution in [0.1, 0.15) is 15.9 Å². The number of methoxy groups -OCH3 is 2. The molecule has 1 aromatic carbocycles. The molecule has 0 aliphatic heterocycles. The van der Waals surface area contributed by atoms with E-state index in [-0.39, 0.29) is 16.9 Å². The Balaban J connectivity index is 3.42. The van der Waals surface area contributed by atoms with Crippen molar-refractivity contribution in [3.63, 3.8) is 0 Å². The highest BCUT2D eigenvalue weighted by atomic mass is 19.3. The average Bonchev–Trinajstić information content (AvgIpc) is 2.36. The van der Waals surface area contributed by atoms with Crippen molar-refractivity contribution < 1.29 is 27.8 Å². The fourth-order valence-electron chi connectivity index (χ4n) is 1.31. The van der Waals surface area contributed by atoms with Crippen LogP contribution in [0.25, 0.3) is 0 Å². The molecule has 1 aromatic rings. The third-order valence-electron chi connectivity index (χ3n) is 2.02. The largest absolute Gasteiger partial charge is 0.496 e. The number of alkyl halides is 2. The summed E-state index contributed by atoms with van der Waals surface area (Å²) in [6.45, 7) is -3.13. The summed E-state index contributed by atoms with van der Waals surface area (Å²) >= 11 is 0. The predicted molar refractivity (Wildman–Crippen MR) is 55.7 cm³/mol. The number of benzene rings is 1. The van der Waals surface area contributed by atoms with Gasteiger partial charge in [0.1, 0.15) is 17.1 Å². The Morgan fingerprint density at radius 2 is 1.94 bits per heavy atom. The van der Waals surface area contributed by atoms with Crippen molar-refractivity contribution in [2.24, 2.45) is 0 Å². The molecule has 0 amide bonds. The molecule has 1 rings (SSSR count). The van der Waals surface area contributed by atoms with Gasteiger partial charge in [0.05, 0.1) is 25.9 Å². The van der Waals surface area contributed by atoms with Crippen molar-refractivity contribution in [2.75, 3.05) is 14.2 Å². The second kappa shape index (κ2) is 5.82. The number of ether oxygens (including phenoxy) is 3. The van der Waals surface area contributed by atoms with E-state index in [9.17, 15) is 13.6 Å². The summed E-state index contributed by atoms with van der Waals surface area (Å²) in [6.07, 6.45) is 0. The lowest BCUT2D eigenvalue weighted by molar-refractivity contribution is -0.0505. The highest BCUT2D eigenvalue weighted by Gasteiger charge is 2.23. The molecule has 0 aliphatic carbocycles. The van der Waals surface area contributed by atoms with Gasteiger partial charge >= 0.3 is 12.6 Å². The van der Waals surface area contributed by atoms with E-state index < -0.39 is 18.3 Å². The molecule has 7 heteroatoms. The Hall–Kier alpha value is -2.36. The molecule has 0 aliphatic rings. The first-order valence-corrected chi connectivity index (χ1v) is 4.68. The molecular formula is C11H9F2NO4. The predicted octanol–water partition coefficient (Wildman–Crippen LogP) is 1.95. The minimum atomic E-state index is -3.13. The minimum Gasteiger partial charge on any atom is -0.496 e. The van der Waals surface area contributed by atoms with E-state index in [4.69, 9.17) is 10.00 Å². The lowest BCUT2D eigenvalue weighted by atomic mass is 10.1. The fraction of sp³-hybridized carbons (Fsp3) is 0.273. The van der Waals surface area contributed by atoms with Gasteiger partial charge in [-0.15, -0.1) is 0 Å². The quantitative estimate of drug-likeness (QED) is 0.771. The summed E-state index contributed by atoms with van der Waals surface area (Å²) in [5, 5.41) is 8.74. The molecule has 0 fully saturated rings. The van der Waals surface area contributed by atoms with Crippen LogP contribution in [-0.4, -0.2) is 26.8 Å². The van der Waals surface area contributed by atoms with Gasteiger partial charge in [0.15, 0.2) is 0 Å². The second-order valence-corrected chi connectivity index (χ2v) is 3.03. The summed E-state index contributed by atoms with van der Waals surface area (Å²) < 4.78 is 38.0. The van der Waals surface area contributed by atoms with E-state index in [0.717, 1.165) is 13.2 Å². The molecule has 0 bridgehead atoms. The topological polar surface area (TPSA) is 68.5 Å². The van der Waals surface area contributed by atoms with E-state index >= 15 is 0 Å². The SMILES string of the molecule is COC(=O)c1c(OC)cc(C#N)cc1OC(F)F. The first kappa shape index (κ1) is 13.7. The zero-order valence-electron chi connectivity index (χ0n) is 9.57. The standard InChI is InChI=1S/C11H9F2NO4/c1-16-7-3-6(5-14)4-8(18-11(12)13)9(7)10(15)17-2/h3-4,11H,1-2H3. The van der Waals surface area contributed by atoms with E-state index in [1.54, 1.807) is 6.07 Å². The number of halogens is 2. The summed E-state index contributed by atoms with van der Waals surface area (Å²) in [5.74, 6) is -1.43. The van der Waals surface area contributed by atoms with Crippen molar-refractivity contribution in [1.29, 1.82) is 5.26 Å². The third-order valence-corrected chi connectivity index (χ3v) is 2.02. The summed E-state index contributed by atoms with van der Waals surface area (Å²) in [7, 11) is 2.32. The van der Waals surface area contributed by atoms with Crippen LogP contribution in [0.15, 0.2) is 12.1 Å². The van der Waals surface area contributed by atoms with Gasteiger partial charge in [0.2, 0.25) is 0 Å². The number of hydrogen-bond acceptors (Lipinski definition) is 5. The maximum absolute atomic E-state index is 12.2. The van der Waals surface area contributed by atoms with Crippen LogP contribution in [0.4, 0.5) is 8.78 Å². The first-order valence-electron chi connectivity index (χ1n) is 4.68. The number of hydrogen-bond donors (Lipinski definition) is 0. The molecule has 0 unspecified atom stereocenters. The molecule has 0 atom stereocenters. The molecule has 5 nitrogen and oxygen atoms in total. The average molecular weight is 257 g/mol. The maximum atomic E-state index is 12.2. The molecule has 96 valence electrons. The molecule has 0 heterocycles. The van der Waals surface area contributed by atoms with Crippen molar-refractivity contribution >= 4 is 5.97 Å². The van der Waals surface area contributed by atoms with Gasteiger partial charge in [-0.2, -0.15) is 14.0 Å². The zero-order chi connectivity index (χ0) is 13.7. The molecular weight excluding hydrogens is 248 g/mol. The number of carbonyl (C=O) groups is 1. The Bertz CT molecular complexity index is 497. The second-order valence-electron chi connectivity index (χ2n) is 3.03. The minimum absolute atomic E-state index is 0.0233. The number of nitrogens with zero attached hydrogens (tertiary/aromatic N) is 1. The van der Waals surface area contributed by atoms with Gasteiger partial charge in [-0.25, -0.2) is 4.79 Å². The molecule has 0 saturated heterocycles. The number of esters is 1. The van der Waals surface area contributed by atoms with Crippen molar-refractivity contribution in [1.82, 2.24) is 0 Å². The van der Waals surface area contributed by atoms with Crippen molar-refractivity contribution in [3.8, 4) is 17.6 Å². The van der Waals surface area contributed by atoms with Gasteiger partial charge < -0.3 is 14.2 Å². The fourth-order valence-corrected chi connectivity index (χ4v) is 1.31. The van der Waals surface area contributed by atoms with Crippen LogP contribution in [0, 0.1) is 11.3 Å². The van der Waals surface area contributed by atoms with E-state index in [0.29, 0.717) is 0 Å². The monoisotopic (exact) mass is 257 g/mol. The molecule has 0 saturated carbocycles. The smallest absolute Gasteiger partial charge is 0.387 e. The number of carbonyl (C=O) groups excluding carboxylic acids is 1. The Morgan fingerprint density at radius 3 is 2.39 bits per heavy atom. The van der Waals surface area contributed by atoms with Crippen molar-refractivity contribution in [2.45, 2.75) is 6.61 Å². The van der Waals surface area contributed by atoms with Gasteiger partial charge in [-0.05, 0) is 12.1 Å². The Labute approximate surface area is 101 Å². The summed E-state index contributed by atoms with van der Waals surface area (Å²) in [5.41, 5.74) is -0.269. The van der Waals surface area contributed by atoms with Crippen LogP contribution >= 0.6 is 0 Å². The van der Waals surface area contributed by atoms with Crippen LogP contribution in [0.5, 0.6) is 11.5 Å². The molecule has 0 N–H and O–H groups in total. The normalized spacial score (nSPS) is 9.78. The molecule has 0 spiro atoms. The van der Waals surface area contributed by atoms with E-state index in [2.05, 4.69) is 9.47 Å². The summed E-state index contributed by atoms with van der Waals surface area (Å²) in [4.78, 5) is 11.5. The van der Waals surface area contributed by atoms with Crippen molar-refractivity contribution in [3.05, 3.63) is 23.3 Å². The Kier molecular flexibility index (Phi) is 4.43. The highest BCUT2D eigenvalue weighted by Crippen LogP contribution is 2.32. The number of rotatable bonds is 4.